The van der Waals surface area contributed by atoms with E-state index < -0.39 is 0 Å². The summed E-state index contributed by atoms with van der Waals surface area (Å²) < 4.78 is 0. The van der Waals surface area contributed by atoms with E-state index >= 15 is 0 Å². The van der Waals surface area contributed by atoms with E-state index in [9.17, 15) is 9.59 Å². The molecule has 2 heterocycles. The summed E-state index contributed by atoms with van der Waals surface area (Å²) in [6, 6.07) is 0.122. The molecule has 0 aromatic rings. The molecule has 3 rings (SSSR count). The van der Waals surface area contributed by atoms with Crippen LogP contribution >= 0.6 is 0 Å². The Balaban J connectivity index is 1.55. The molecule has 1 aliphatic carbocycles. The van der Waals surface area contributed by atoms with Gasteiger partial charge in [-0.15, -0.1) is 0 Å². The van der Waals surface area contributed by atoms with Crippen LogP contribution in [0.2, 0.25) is 0 Å². The van der Waals surface area contributed by atoms with Gasteiger partial charge in [0.15, 0.2) is 0 Å². The summed E-state index contributed by atoms with van der Waals surface area (Å²) >= 11 is 0. The van der Waals surface area contributed by atoms with E-state index in [1.54, 1.807) is 0 Å². The summed E-state index contributed by atoms with van der Waals surface area (Å²) in [5.74, 6) is 1.13. The summed E-state index contributed by atoms with van der Waals surface area (Å²) in [5, 5.41) is 2.96. The molecular weight excluding hydrogens is 314 g/mol. The van der Waals surface area contributed by atoms with Gasteiger partial charge in [0, 0.05) is 32.2 Å². The fourth-order valence-corrected chi connectivity index (χ4v) is 4.94. The predicted octanol–water partition coefficient (Wildman–Crippen LogP) is 3.39. The first-order valence-electron chi connectivity index (χ1n) is 10.3. The molecular formula is C20H35N3O2. The molecule has 25 heavy (non-hydrogen) atoms. The number of hydrogen-bond donors (Lipinski definition) is 1. The Hall–Kier alpha value is -1.26. The quantitative estimate of drug-likeness (QED) is 0.846. The lowest BCUT2D eigenvalue weighted by molar-refractivity contribution is -0.145. The molecule has 142 valence electrons. The van der Waals surface area contributed by atoms with Crippen LogP contribution in [0.1, 0.15) is 71.6 Å². The number of hydrogen-bond acceptors (Lipinski definition) is 2. The van der Waals surface area contributed by atoms with E-state index in [0.717, 1.165) is 38.3 Å². The molecule has 5 nitrogen and oxygen atoms in total. The van der Waals surface area contributed by atoms with Gasteiger partial charge in [0.25, 0.3) is 0 Å². The van der Waals surface area contributed by atoms with Crippen molar-refractivity contribution < 1.29 is 9.59 Å². The van der Waals surface area contributed by atoms with Gasteiger partial charge in [-0.05, 0) is 45.4 Å². The highest BCUT2D eigenvalue weighted by atomic mass is 16.2. The van der Waals surface area contributed by atoms with Crippen molar-refractivity contribution in [3.8, 4) is 0 Å². The zero-order valence-electron chi connectivity index (χ0n) is 16.1. The summed E-state index contributed by atoms with van der Waals surface area (Å²) in [6.07, 6.45) is 10.8. The topological polar surface area (TPSA) is 52.7 Å². The smallest absolute Gasteiger partial charge is 0.317 e. The number of nitrogens with zero attached hydrogens (tertiary/aromatic N) is 2. The molecule has 5 heteroatoms. The van der Waals surface area contributed by atoms with E-state index in [0.29, 0.717) is 19.0 Å². The SMILES string of the molecule is CC(C)NC(=O)N1CC[C@]2(CCCN(CCC3CCCCC3)C2=O)C1. The van der Waals surface area contributed by atoms with Crippen molar-refractivity contribution in [1.82, 2.24) is 15.1 Å². The Kier molecular flexibility index (Phi) is 5.90. The third-order valence-electron chi connectivity index (χ3n) is 6.41. The molecule has 1 N–H and O–H groups in total. The summed E-state index contributed by atoms with van der Waals surface area (Å²) in [6.45, 7) is 7.09. The normalized spacial score (nSPS) is 28.2. The van der Waals surface area contributed by atoms with Gasteiger partial charge in [0.1, 0.15) is 0 Å². The van der Waals surface area contributed by atoms with Crippen LogP contribution in [0, 0.1) is 11.3 Å². The van der Waals surface area contributed by atoms with Crippen molar-refractivity contribution in [2.24, 2.45) is 11.3 Å². The molecule has 3 aliphatic rings. The van der Waals surface area contributed by atoms with Crippen LogP contribution in [-0.4, -0.2) is 54.0 Å². The van der Waals surface area contributed by atoms with Gasteiger partial charge in [-0.1, -0.05) is 32.1 Å². The van der Waals surface area contributed by atoms with E-state index in [2.05, 4.69) is 10.2 Å². The van der Waals surface area contributed by atoms with E-state index in [1.165, 1.54) is 38.5 Å². The highest BCUT2D eigenvalue weighted by molar-refractivity contribution is 5.85. The summed E-state index contributed by atoms with van der Waals surface area (Å²) in [4.78, 5) is 29.4. The van der Waals surface area contributed by atoms with Gasteiger partial charge in [0.05, 0.1) is 5.41 Å². The second-order valence-corrected chi connectivity index (χ2v) is 8.74. The molecule has 2 saturated heterocycles. The minimum absolute atomic E-state index is 0.0148. The highest BCUT2D eigenvalue weighted by Crippen LogP contribution is 2.40. The van der Waals surface area contributed by atoms with Gasteiger partial charge in [-0.2, -0.15) is 0 Å². The van der Waals surface area contributed by atoms with Crippen molar-refractivity contribution in [2.75, 3.05) is 26.2 Å². The highest BCUT2D eigenvalue weighted by Gasteiger charge is 2.49. The largest absolute Gasteiger partial charge is 0.342 e. The lowest BCUT2D eigenvalue weighted by atomic mass is 9.78. The average molecular weight is 350 g/mol. The zero-order chi connectivity index (χ0) is 17.9. The molecule has 0 aromatic heterocycles. The monoisotopic (exact) mass is 349 g/mol. The lowest BCUT2D eigenvalue weighted by Gasteiger charge is -2.40. The van der Waals surface area contributed by atoms with Crippen molar-refractivity contribution >= 4 is 11.9 Å². The van der Waals surface area contributed by atoms with Crippen molar-refractivity contribution in [3.05, 3.63) is 0 Å². The number of piperidine rings is 1. The van der Waals surface area contributed by atoms with Crippen LogP contribution in [-0.2, 0) is 4.79 Å². The van der Waals surface area contributed by atoms with Crippen molar-refractivity contribution in [1.29, 1.82) is 0 Å². The summed E-state index contributed by atoms with van der Waals surface area (Å²) in [5.41, 5.74) is -0.306. The predicted molar refractivity (Wildman–Crippen MR) is 99.3 cm³/mol. The number of nitrogens with one attached hydrogen (secondary N) is 1. The van der Waals surface area contributed by atoms with Crippen molar-refractivity contribution in [2.45, 2.75) is 77.7 Å². The maximum Gasteiger partial charge on any atom is 0.317 e. The third-order valence-corrected chi connectivity index (χ3v) is 6.41. The Labute approximate surface area is 152 Å². The minimum atomic E-state index is -0.306. The molecule has 2 aliphatic heterocycles. The van der Waals surface area contributed by atoms with Crippen LogP contribution in [0.4, 0.5) is 4.79 Å². The number of carbonyl (C=O) groups is 2. The lowest BCUT2D eigenvalue weighted by Crippen LogP contribution is -2.51. The molecule has 1 atom stereocenters. The number of rotatable bonds is 4. The van der Waals surface area contributed by atoms with E-state index in [4.69, 9.17) is 0 Å². The third kappa shape index (κ3) is 4.29. The molecule has 3 amide bonds. The molecule has 0 aromatic carbocycles. The maximum absolute atomic E-state index is 13.2. The van der Waals surface area contributed by atoms with Gasteiger partial charge in [0.2, 0.25) is 5.91 Å². The molecule has 1 saturated carbocycles. The van der Waals surface area contributed by atoms with E-state index in [-0.39, 0.29) is 17.5 Å². The van der Waals surface area contributed by atoms with Crippen LogP contribution in [0.25, 0.3) is 0 Å². The first-order valence-corrected chi connectivity index (χ1v) is 10.3. The Morgan fingerprint density at radius 2 is 1.92 bits per heavy atom. The Bertz CT molecular complexity index is 487. The second kappa shape index (κ2) is 7.96. The molecule has 0 radical (unpaired) electrons. The first kappa shape index (κ1) is 18.5. The second-order valence-electron chi connectivity index (χ2n) is 8.74. The summed E-state index contributed by atoms with van der Waals surface area (Å²) in [7, 11) is 0. The number of amides is 3. The van der Waals surface area contributed by atoms with Crippen molar-refractivity contribution in [3.63, 3.8) is 0 Å². The maximum atomic E-state index is 13.2. The first-order chi connectivity index (χ1) is 12.0. The van der Waals surface area contributed by atoms with Crippen LogP contribution in [0.5, 0.6) is 0 Å². The molecule has 0 bridgehead atoms. The molecule has 3 fully saturated rings. The van der Waals surface area contributed by atoms with Crippen LogP contribution < -0.4 is 5.32 Å². The number of urea groups is 1. The standard InChI is InChI=1S/C20H35N3O2/c1-16(2)21-19(25)23-14-11-20(15-23)10-6-12-22(18(20)24)13-9-17-7-4-3-5-8-17/h16-17H,3-15H2,1-2H3,(H,21,25)/t20-/m1/s1. The minimum Gasteiger partial charge on any atom is -0.342 e. The fraction of sp³-hybridized carbons (Fsp3) is 0.900. The van der Waals surface area contributed by atoms with E-state index in [1.807, 2.05) is 18.7 Å². The zero-order valence-corrected chi connectivity index (χ0v) is 16.1. The van der Waals surface area contributed by atoms with Gasteiger partial charge < -0.3 is 15.1 Å². The van der Waals surface area contributed by atoms with Crippen LogP contribution in [0.15, 0.2) is 0 Å². The van der Waals surface area contributed by atoms with Crippen LogP contribution in [0.3, 0.4) is 0 Å². The van der Waals surface area contributed by atoms with Gasteiger partial charge >= 0.3 is 6.03 Å². The van der Waals surface area contributed by atoms with Gasteiger partial charge in [-0.3, -0.25) is 4.79 Å². The molecule has 1 spiro atoms. The number of likely N-dealkylation sites (tertiary alicyclic amines) is 2. The average Bonchev–Trinajstić information content (AvgIpc) is 3.02. The Morgan fingerprint density at radius 1 is 1.16 bits per heavy atom. The molecule has 0 unspecified atom stereocenters. The fourth-order valence-electron chi connectivity index (χ4n) is 4.94. The number of carbonyl (C=O) groups excluding carboxylic acids is 2. The van der Waals surface area contributed by atoms with Gasteiger partial charge in [-0.25, -0.2) is 4.79 Å². The Morgan fingerprint density at radius 3 is 2.64 bits per heavy atom.